The Morgan fingerprint density at radius 2 is 1.62 bits per heavy atom. The number of carbonyl (C=O) groups is 1. The Kier molecular flexibility index (Phi) is 7.51. The summed E-state index contributed by atoms with van der Waals surface area (Å²) in [6, 6.07) is 26.0. The quantitative estimate of drug-likeness (QED) is 0.247. The van der Waals surface area contributed by atoms with Gasteiger partial charge in [-0.2, -0.15) is 0 Å². The molecule has 0 fully saturated rings. The van der Waals surface area contributed by atoms with Crippen LogP contribution in [0.1, 0.15) is 32.6 Å². The number of imidazole rings is 1. The Bertz CT molecular complexity index is 1490. The van der Waals surface area contributed by atoms with E-state index in [0.717, 1.165) is 44.4 Å². The van der Waals surface area contributed by atoms with Crippen molar-refractivity contribution in [2.24, 2.45) is 0 Å². The topological polar surface area (TPSA) is 69.0 Å². The van der Waals surface area contributed by atoms with Crippen molar-refractivity contribution in [2.45, 2.75) is 30.9 Å². The van der Waals surface area contributed by atoms with Crippen molar-refractivity contribution < 1.29 is 9.53 Å². The first kappa shape index (κ1) is 24.6. The van der Waals surface area contributed by atoms with E-state index in [-0.39, 0.29) is 5.91 Å². The molecule has 1 amide bonds. The molecule has 0 aliphatic rings. The summed E-state index contributed by atoms with van der Waals surface area (Å²) >= 11 is 1.67. The van der Waals surface area contributed by atoms with Gasteiger partial charge in [0.1, 0.15) is 5.75 Å². The number of aromatic nitrogens is 3. The van der Waals surface area contributed by atoms with Crippen LogP contribution >= 0.6 is 11.8 Å². The zero-order chi connectivity index (χ0) is 25.6. The normalized spacial score (nSPS) is 11.0. The van der Waals surface area contributed by atoms with Gasteiger partial charge in [-0.25, -0.2) is 4.98 Å². The molecule has 0 unspecified atom stereocenters. The largest absolute Gasteiger partial charge is 0.497 e. The number of nitrogens with one attached hydrogen (secondary N) is 1. The molecule has 0 aliphatic heterocycles. The van der Waals surface area contributed by atoms with Gasteiger partial charge in [-0.1, -0.05) is 65.9 Å². The molecule has 1 N–H and O–H groups in total. The van der Waals surface area contributed by atoms with Crippen LogP contribution in [0.4, 0.5) is 0 Å². The Hall–Kier alpha value is -4.10. The van der Waals surface area contributed by atoms with E-state index in [4.69, 9.17) is 9.72 Å². The summed E-state index contributed by atoms with van der Waals surface area (Å²) in [6.45, 7) is 3.25. The van der Waals surface area contributed by atoms with Crippen molar-refractivity contribution in [3.8, 4) is 5.75 Å². The number of benzene rings is 3. The fourth-order valence-electron chi connectivity index (χ4n) is 4.01. The number of amides is 1. The van der Waals surface area contributed by atoms with Crippen LogP contribution in [-0.2, 0) is 18.8 Å². The summed E-state index contributed by atoms with van der Waals surface area (Å²) in [4.78, 5) is 21.8. The van der Waals surface area contributed by atoms with Crippen LogP contribution in [-0.4, -0.2) is 27.6 Å². The molecule has 5 aromatic rings. The maximum absolute atomic E-state index is 12.6. The molecule has 6 nitrogen and oxygen atoms in total. The van der Waals surface area contributed by atoms with E-state index in [2.05, 4.69) is 46.1 Å². The zero-order valence-corrected chi connectivity index (χ0v) is 21.7. The van der Waals surface area contributed by atoms with Gasteiger partial charge in [0.15, 0.2) is 5.16 Å². The lowest BCUT2D eigenvalue weighted by molar-refractivity contribution is 0.0951. The number of rotatable bonds is 9. The van der Waals surface area contributed by atoms with Gasteiger partial charge < -0.3 is 14.6 Å². The van der Waals surface area contributed by atoms with Gasteiger partial charge in [0, 0.05) is 24.1 Å². The first-order valence-electron chi connectivity index (χ1n) is 12.1. The summed E-state index contributed by atoms with van der Waals surface area (Å²) in [7, 11) is 1.67. The number of aryl methyl sites for hydroxylation is 1. The number of hydrogen-bond donors (Lipinski definition) is 1. The average molecular weight is 509 g/mol. The molecule has 0 aliphatic carbocycles. The first-order valence-corrected chi connectivity index (χ1v) is 13.1. The lowest BCUT2D eigenvalue weighted by atomic mass is 10.1. The monoisotopic (exact) mass is 508 g/mol. The minimum absolute atomic E-state index is 0.0754. The molecule has 5 rings (SSSR count). The number of carbonyl (C=O) groups excluding carboxylic acids is 1. The van der Waals surface area contributed by atoms with Crippen LogP contribution in [0.2, 0.25) is 0 Å². The summed E-state index contributed by atoms with van der Waals surface area (Å²) in [5.74, 6) is 1.50. The van der Waals surface area contributed by atoms with Gasteiger partial charge in [0.2, 0.25) is 0 Å². The van der Waals surface area contributed by atoms with E-state index in [0.29, 0.717) is 18.7 Å². The van der Waals surface area contributed by atoms with Crippen LogP contribution in [0.5, 0.6) is 5.75 Å². The highest BCUT2D eigenvalue weighted by Crippen LogP contribution is 2.28. The highest BCUT2D eigenvalue weighted by atomic mass is 32.2. The van der Waals surface area contributed by atoms with E-state index < -0.39 is 0 Å². The maximum atomic E-state index is 12.6. The predicted octanol–water partition coefficient (Wildman–Crippen LogP) is 6.02. The molecule has 0 bridgehead atoms. The highest BCUT2D eigenvalue weighted by Gasteiger charge is 2.13. The van der Waals surface area contributed by atoms with E-state index in [1.165, 1.54) is 5.56 Å². The van der Waals surface area contributed by atoms with E-state index >= 15 is 0 Å². The molecule has 0 saturated heterocycles. The fraction of sp³-hybridized carbons (Fsp3) is 0.167. The second-order valence-electron chi connectivity index (χ2n) is 8.85. The van der Waals surface area contributed by atoms with Crippen molar-refractivity contribution in [3.63, 3.8) is 0 Å². The molecule has 0 spiro atoms. The lowest BCUT2D eigenvalue weighted by Gasteiger charge is -2.10. The Morgan fingerprint density at radius 1 is 0.919 bits per heavy atom. The van der Waals surface area contributed by atoms with Crippen molar-refractivity contribution in [2.75, 3.05) is 7.11 Å². The molecule has 3 aromatic carbocycles. The van der Waals surface area contributed by atoms with E-state index in [1.807, 2.05) is 60.8 Å². The molecular formula is C30H28N4O2S. The molecule has 37 heavy (non-hydrogen) atoms. The third-order valence-electron chi connectivity index (χ3n) is 6.17. The summed E-state index contributed by atoms with van der Waals surface area (Å²) < 4.78 is 7.48. The van der Waals surface area contributed by atoms with Crippen molar-refractivity contribution in [1.29, 1.82) is 0 Å². The maximum Gasteiger partial charge on any atom is 0.251 e. The molecule has 7 heteroatoms. The van der Waals surface area contributed by atoms with Gasteiger partial charge in [-0.05, 0) is 53.9 Å². The minimum Gasteiger partial charge on any atom is -0.497 e. The number of fused-ring (bicyclic) bond motifs is 1. The predicted molar refractivity (Wildman–Crippen MR) is 148 cm³/mol. The minimum atomic E-state index is -0.0754. The Balaban J connectivity index is 1.25. The van der Waals surface area contributed by atoms with Crippen LogP contribution in [0.3, 0.4) is 0 Å². The highest BCUT2D eigenvalue weighted by molar-refractivity contribution is 7.98. The van der Waals surface area contributed by atoms with Crippen molar-refractivity contribution in [3.05, 3.63) is 119 Å². The Labute approximate surface area is 220 Å². The molecule has 186 valence electrons. The molecule has 0 atom stereocenters. The van der Waals surface area contributed by atoms with E-state index in [1.54, 1.807) is 25.1 Å². The Morgan fingerprint density at radius 3 is 2.35 bits per heavy atom. The number of thioether (sulfide) groups is 1. The standard InChI is InChI=1S/C30H28N4O2S/c1-21-3-5-22(6-4-21)17-32-29(35)25-11-7-24(8-12-25)20-37-30-33-27-15-16-31-18-28(27)34(30)19-23-9-13-26(36-2)14-10-23/h3-16,18H,17,19-20H2,1-2H3,(H,32,35). The van der Waals surface area contributed by atoms with Gasteiger partial charge in [-0.15, -0.1) is 0 Å². The summed E-state index contributed by atoms with van der Waals surface area (Å²) in [5, 5.41) is 3.92. The van der Waals surface area contributed by atoms with Gasteiger partial charge in [0.25, 0.3) is 5.91 Å². The summed E-state index contributed by atoms with van der Waals surface area (Å²) in [6.07, 6.45) is 3.63. The van der Waals surface area contributed by atoms with Crippen LogP contribution in [0.25, 0.3) is 11.0 Å². The number of pyridine rings is 1. The van der Waals surface area contributed by atoms with E-state index in [9.17, 15) is 4.79 Å². The van der Waals surface area contributed by atoms with Gasteiger partial charge in [0.05, 0.1) is 30.9 Å². The van der Waals surface area contributed by atoms with Gasteiger partial charge >= 0.3 is 0 Å². The zero-order valence-electron chi connectivity index (χ0n) is 20.8. The molecule has 2 aromatic heterocycles. The SMILES string of the molecule is COc1ccc(Cn2c(SCc3ccc(C(=O)NCc4ccc(C)cc4)cc3)nc3ccncc32)cc1. The van der Waals surface area contributed by atoms with Crippen molar-refractivity contribution >= 4 is 28.7 Å². The smallest absolute Gasteiger partial charge is 0.251 e. The lowest BCUT2D eigenvalue weighted by Crippen LogP contribution is -2.22. The molecular weight excluding hydrogens is 480 g/mol. The number of ether oxygens (including phenoxy) is 1. The van der Waals surface area contributed by atoms with Gasteiger partial charge in [-0.3, -0.25) is 9.78 Å². The second kappa shape index (κ2) is 11.3. The number of hydrogen-bond acceptors (Lipinski definition) is 5. The third-order valence-corrected chi connectivity index (χ3v) is 7.22. The molecule has 0 radical (unpaired) electrons. The first-order chi connectivity index (χ1) is 18.1. The van der Waals surface area contributed by atoms with Crippen molar-refractivity contribution in [1.82, 2.24) is 19.9 Å². The van der Waals surface area contributed by atoms with Crippen LogP contribution in [0.15, 0.2) is 96.4 Å². The third kappa shape index (κ3) is 6.01. The fourth-order valence-corrected chi connectivity index (χ4v) is 4.98. The molecule has 2 heterocycles. The second-order valence-corrected chi connectivity index (χ2v) is 9.79. The average Bonchev–Trinajstić information content (AvgIpc) is 3.29. The number of methoxy groups -OCH3 is 1. The molecule has 0 saturated carbocycles. The number of nitrogens with zero attached hydrogens (tertiary/aromatic N) is 3. The summed E-state index contributed by atoms with van der Waals surface area (Å²) in [5.41, 5.74) is 7.15. The van der Waals surface area contributed by atoms with Crippen LogP contribution in [0, 0.1) is 6.92 Å². The van der Waals surface area contributed by atoms with Crippen LogP contribution < -0.4 is 10.1 Å².